The molecule has 0 saturated heterocycles. The Labute approximate surface area is 118 Å². The molecular formula is C16H18FNS. The molecule has 1 nitrogen and oxygen atoms in total. The van der Waals surface area contributed by atoms with Gasteiger partial charge in [-0.2, -0.15) is 0 Å². The molecule has 0 heterocycles. The minimum Gasteiger partial charge on any atom is -0.327 e. The van der Waals surface area contributed by atoms with Gasteiger partial charge in [0, 0.05) is 16.7 Å². The van der Waals surface area contributed by atoms with Gasteiger partial charge in [-0.1, -0.05) is 36.4 Å². The van der Waals surface area contributed by atoms with E-state index < -0.39 is 0 Å². The van der Waals surface area contributed by atoms with E-state index in [9.17, 15) is 4.39 Å². The Bertz CT molecular complexity index is 542. The third-order valence-electron chi connectivity index (χ3n) is 2.99. The van der Waals surface area contributed by atoms with Crippen molar-refractivity contribution in [3.8, 4) is 0 Å². The first-order chi connectivity index (χ1) is 9.16. The summed E-state index contributed by atoms with van der Waals surface area (Å²) >= 11 is 1.73. The minimum atomic E-state index is -0.168. The summed E-state index contributed by atoms with van der Waals surface area (Å²) in [7, 11) is 0. The van der Waals surface area contributed by atoms with Crippen molar-refractivity contribution in [2.45, 2.75) is 24.3 Å². The van der Waals surface area contributed by atoms with Crippen molar-refractivity contribution >= 4 is 11.8 Å². The Morgan fingerprint density at radius 2 is 1.79 bits per heavy atom. The third kappa shape index (κ3) is 4.08. The molecule has 19 heavy (non-hydrogen) atoms. The Morgan fingerprint density at radius 3 is 2.53 bits per heavy atom. The van der Waals surface area contributed by atoms with E-state index in [1.807, 2.05) is 18.2 Å². The molecule has 0 aliphatic carbocycles. The van der Waals surface area contributed by atoms with Crippen molar-refractivity contribution in [2.75, 3.05) is 5.75 Å². The average Bonchev–Trinajstić information content (AvgIpc) is 2.40. The van der Waals surface area contributed by atoms with Crippen LogP contribution in [0, 0.1) is 12.7 Å². The van der Waals surface area contributed by atoms with Gasteiger partial charge in [-0.3, -0.25) is 0 Å². The molecule has 0 amide bonds. The number of nitrogens with two attached hydrogens (primary N) is 1. The Kier molecular flexibility index (Phi) is 5.00. The first-order valence-electron chi connectivity index (χ1n) is 6.34. The fourth-order valence-corrected chi connectivity index (χ4v) is 2.90. The van der Waals surface area contributed by atoms with Crippen molar-refractivity contribution < 1.29 is 4.39 Å². The maximum absolute atomic E-state index is 13.5. The van der Waals surface area contributed by atoms with Crippen LogP contribution in [0.3, 0.4) is 0 Å². The normalized spacial score (nSPS) is 12.4. The van der Waals surface area contributed by atoms with E-state index in [4.69, 9.17) is 5.73 Å². The first kappa shape index (κ1) is 14.1. The Balaban J connectivity index is 1.90. The first-order valence-corrected chi connectivity index (χ1v) is 7.33. The minimum absolute atomic E-state index is 0.0403. The zero-order valence-corrected chi connectivity index (χ0v) is 11.8. The molecule has 1 atom stereocenters. The molecule has 2 rings (SSSR count). The monoisotopic (exact) mass is 275 g/mol. The zero-order chi connectivity index (χ0) is 13.7. The average molecular weight is 275 g/mol. The second kappa shape index (κ2) is 6.73. The molecule has 0 saturated carbocycles. The molecule has 0 spiro atoms. The number of benzene rings is 2. The van der Waals surface area contributed by atoms with Crippen molar-refractivity contribution in [3.05, 3.63) is 65.5 Å². The molecule has 0 bridgehead atoms. The number of halogens is 1. The van der Waals surface area contributed by atoms with Gasteiger partial charge < -0.3 is 5.73 Å². The fourth-order valence-electron chi connectivity index (χ4n) is 1.92. The van der Waals surface area contributed by atoms with Crippen LogP contribution in [0.4, 0.5) is 4.39 Å². The summed E-state index contributed by atoms with van der Waals surface area (Å²) in [5, 5.41) is 0. The van der Waals surface area contributed by atoms with Gasteiger partial charge in [-0.25, -0.2) is 4.39 Å². The zero-order valence-electron chi connectivity index (χ0n) is 11.0. The van der Waals surface area contributed by atoms with Gasteiger partial charge in [0.25, 0.3) is 0 Å². The van der Waals surface area contributed by atoms with Crippen molar-refractivity contribution in [1.29, 1.82) is 0 Å². The van der Waals surface area contributed by atoms with Crippen LogP contribution in [0.25, 0.3) is 0 Å². The number of rotatable bonds is 5. The standard InChI is InChI=1S/C16H18FNS/c1-12-6-2-5-9-16(12)19-11-14(18)10-13-7-3-4-8-15(13)17/h2-9,14H,10-11,18H2,1H3. The molecule has 3 heteroatoms. The lowest BCUT2D eigenvalue weighted by Gasteiger charge is -2.13. The number of hydrogen-bond acceptors (Lipinski definition) is 2. The molecule has 0 fully saturated rings. The summed E-state index contributed by atoms with van der Waals surface area (Å²) in [6.07, 6.45) is 0.575. The van der Waals surface area contributed by atoms with Crippen LogP contribution in [-0.2, 0) is 6.42 Å². The smallest absolute Gasteiger partial charge is 0.126 e. The molecular weight excluding hydrogens is 257 g/mol. The molecule has 2 N–H and O–H groups in total. The molecule has 0 aromatic heterocycles. The quantitative estimate of drug-likeness (QED) is 0.840. The van der Waals surface area contributed by atoms with Crippen LogP contribution in [0.2, 0.25) is 0 Å². The number of thioether (sulfide) groups is 1. The maximum atomic E-state index is 13.5. The van der Waals surface area contributed by atoms with Gasteiger partial charge in [0.15, 0.2) is 0 Å². The maximum Gasteiger partial charge on any atom is 0.126 e. The Morgan fingerprint density at radius 1 is 1.11 bits per heavy atom. The highest BCUT2D eigenvalue weighted by Gasteiger charge is 2.09. The molecule has 0 aliphatic rings. The lowest BCUT2D eigenvalue weighted by Crippen LogP contribution is -2.26. The van der Waals surface area contributed by atoms with Gasteiger partial charge in [-0.05, 0) is 36.6 Å². The van der Waals surface area contributed by atoms with Crippen LogP contribution in [0.15, 0.2) is 53.4 Å². The van der Waals surface area contributed by atoms with Crippen molar-refractivity contribution in [3.63, 3.8) is 0 Å². The number of hydrogen-bond donors (Lipinski definition) is 1. The molecule has 0 radical (unpaired) electrons. The van der Waals surface area contributed by atoms with E-state index in [1.54, 1.807) is 23.9 Å². The van der Waals surface area contributed by atoms with Gasteiger partial charge >= 0.3 is 0 Å². The topological polar surface area (TPSA) is 26.0 Å². The Hall–Kier alpha value is -1.32. The molecule has 2 aromatic rings. The summed E-state index contributed by atoms with van der Waals surface area (Å²) < 4.78 is 13.5. The second-order valence-corrected chi connectivity index (χ2v) is 5.69. The molecule has 1 unspecified atom stereocenters. The SMILES string of the molecule is Cc1ccccc1SCC(N)Cc1ccccc1F. The predicted octanol–water partition coefficient (Wildman–Crippen LogP) is 3.80. The summed E-state index contributed by atoms with van der Waals surface area (Å²) in [6.45, 7) is 2.09. The lowest BCUT2D eigenvalue weighted by molar-refractivity contribution is 0.597. The molecule has 100 valence electrons. The highest BCUT2D eigenvalue weighted by atomic mass is 32.2. The van der Waals surface area contributed by atoms with Crippen LogP contribution in [0.1, 0.15) is 11.1 Å². The molecule has 0 aliphatic heterocycles. The lowest BCUT2D eigenvalue weighted by atomic mass is 10.1. The van der Waals surface area contributed by atoms with E-state index in [0.717, 1.165) is 5.75 Å². The highest BCUT2D eigenvalue weighted by molar-refractivity contribution is 7.99. The van der Waals surface area contributed by atoms with Crippen LogP contribution >= 0.6 is 11.8 Å². The predicted molar refractivity (Wildman–Crippen MR) is 80.0 cm³/mol. The van der Waals surface area contributed by atoms with E-state index >= 15 is 0 Å². The van der Waals surface area contributed by atoms with Gasteiger partial charge in [0.1, 0.15) is 5.82 Å². The third-order valence-corrected chi connectivity index (χ3v) is 4.35. The highest BCUT2D eigenvalue weighted by Crippen LogP contribution is 2.23. The summed E-state index contributed by atoms with van der Waals surface area (Å²) in [5.74, 6) is 0.623. The summed E-state index contributed by atoms with van der Waals surface area (Å²) in [6, 6.07) is 15.0. The van der Waals surface area contributed by atoms with E-state index in [0.29, 0.717) is 12.0 Å². The van der Waals surface area contributed by atoms with E-state index in [2.05, 4.69) is 19.1 Å². The fraction of sp³-hybridized carbons (Fsp3) is 0.250. The van der Waals surface area contributed by atoms with Crippen molar-refractivity contribution in [1.82, 2.24) is 0 Å². The number of aryl methyl sites for hydroxylation is 1. The van der Waals surface area contributed by atoms with Crippen molar-refractivity contribution in [2.24, 2.45) is 5.73 Å². The van der Waals surface area contributed by atoms with Crippen LogP contribution < -0.4 is 5.73 Å². The van der Waals surface area contributed by atoms with Crippen LogP contribution in [0.5, 0.6) is 0 Å². The largest absolute Gasteiger partial charge is 0.327 e. The van der Waals surface area contributed by atoms with Crippen LogP contribution in [-0.4, -0.2) is 11.8 Å². The summed E-state index contributed by atoms with van der Waals surface area (Å²) in [4.78, 5) is 1.24. The van der Waals surface area contributed by atoms with E-state index in [1.165, 1.54) is 16.5 Å². The van der Waals surface area contributed by atoms with Gasteiger partial charge in [0.2, 0.25) is 0 Å². The van der Waals surface area contributed by atoms with Gasteiger partial charge in [-0.15, -0.1) is 11.8 Å². The van der Waals surface area contributed by atoms with Gasteiger partial charge in [0.05, 0.1) is 0 Å². The molecule has 2 aromatic carbocycles. The second-order valence-electron chi connectivity index (χ2n) is 4.63. The summed E-state index contributed by atoms with van der Waals surface area (Å²) in [5.41, 5.74) is 8.04. The van der Waals surface area contributed by atoms with E-state index in [-0.39, 0.29) is 11.9 Å².